The zero-order valence-electron chi connectivity index (χ0n) is 11.2. The van der Waals surface area contributed by atoms with E-state index in [1.54, 1.807) is 0 Å². The van der Waals surface area contributed by atoms with Crippen LogP contribution in [0.2, 0.25) is 0 Å². The molecule has 0 aliphatic heterocycles. The van der Waals surface area contributed by atoms with E-state index in [-0.39, 0.29) is 6.10 Å². The SMILES string of the molecule is CC(O)CC(C)NC1C2CC3CC(C2)CC1C3. The van der Waals surface area contributed by atoms with Crippen LogP contribution in [0, 0.1) is 23.7 Å². The van der Waals surface area contributed by atoms with Gasteiger partial charge in [-0.05, 0) is 76.0 Å². The largest absolute Gasteiger partial charge is 0.393 e. The third-order valence-electron chi connectivity index (χ3n) is 5.40. The van der Waals surface area contributed by atoms with Crippen molar-refractivity contribution in [1.82, 2.24) is 5.32 Å². The molecule has 0 saturated heterocycles. The first kappa shape index (κ1) is 12.0. The molecule has 4 rings (SSSR count). The molecule has 0 aromatic rings. The zero-order valence-corrected chi connectivity index (χ0v) is 11.2. The summed E-state index contributed by atoms with van der Waals surface area (Å²) < 4.78 is 0. The van der Waals surface area contributed by atoms with Gasteiger partial charge in [0, 0.05) is 12.1 Å². The molecular formula is C15H27NO. The van der Waals surface area contributed by atoms with Gasteiger partial charge in [-0.25, -0.2) is 0 Å². The van der Waals surface area contributed by atoms with Crippen LogP contribution >= 0.6 is 0 Å². The van der Waals surface area contributed by atoms with Crippen molar-refractivity contribution in [3.05, 3.63) is 0 Å². The Hall–Kier alpha value is -0.0800. The van der Waals surface area contributed by atoms with Crippen molar-refractivity contribution < 1.29 is 5.11 Å². The predicted molar refractivity (Wildman–Crippen MR) is 69.7 cm³/mol. The third kappa shape index (κ3) is 2.39. The number of hydrogen-bond donors (Lipinski definition) is 2. The van der Waals surface area contributed by atoms with E-state index >= 15 is 0 Å². The average Bonchev–Trinajstić information content (AvgIpc) is 2.21. The fourth-order valence-corrected chi connectivity index (χ4v) is 5.11. The highest BCUT2D eigenvalue weighted by Gasteiger charge is 2.48. The van der Waals surface area contributed by atoms with Crippen LogP contribution in [-0.2, 0) is 0 Å². The quantitative estimate of drug-likeness (QED) is 0.787. The molecule has 0 aromatic heterocycles. The van der Waals surface area contributed by atoms with Crippen LogP contribution in [-0.4, -0.2) is 23.3 Å². The maximum absolute atomic E-state index is 9.46. The van der Waals surface area contributed by atoms with E-state index in [9.17, 15) is 5.11 Å². The zero-order chi connectivity index (χ0) is 12.0. The van der Waals surface area contributed by atoms with Gasteiger partial charge in [0.2, 0.25) is 0 Å². The van der Waals surface area contributed by atoms with Crippen LogP contribution in [0.15, 0.2) is 0 Å². The molecular weight excluding hydrogens is 210 g/mol. The van der Waals surface area contributed by atoms with Crippen molar-refractivity contribution in [2.45, 2.75) is 70.6 Å². The van der Waals surface area contributed by atoms with E-state index in [1.165, 1.54) is 32.1 Å². The maximum atomic E-state index is 9.46. The van der Waals surface area contributed by atoms with Gasteiger partial charge in [0.1, 0.15) is 0 Å². The lowest BCUT2D eigenvalue weighted by Crippen LogP contribution is -2.56. The second-order valence-electron chi connectivity index (χ2n) is 7.11. The van der Waals surface area contributed by atoms with E-state index in [1.807, 2.05) is 6.92 Å². The van der Waals surface area contributed by atoms with Gasteiger partial charge in [0.05, 0.1) is 6.10 Å². The average molecular weight is 237 g/mol. The van der Waals surface area contributed by atoms with Gasteiger partial charge in [-0.1, -0.05) is 0 Å². The Balaban J connectivity index is 1.60. The lowest BCUT2D eigenvalue weighted by atomic mass is 9.54. The summed E-state index contributed by atoms with van der Waals surface area (Å²) in [5, 5.41) is 13.3. The molecule has 2 heteroatoms. The molecule has 0 heterocycles. The summed E-state index contributed by atoms with van der Waals surface area (Å²) in [4.78, 5) is 0. The van der Waals surface area contributed by atoms with Gasteiger partial charge < -0.3 is 10.4 Å². The maximum Gasteiger partial charge on any atom is 0.0526 e. The van der Waals surface area contributed by atoms with Crippen LogP contribution in [0.25, 0.3) is 0 Å². The van der Waals surface area contributed by atoms with Crippen LogP contribution in [0.4, 0.5) is 0 Å². The summed E-state index contributed by atoms with van der Waals surface area (Å²) in [6.45, 7) is 4.13. The summed E-state index contributed by atoms with van der Waals surface area (Å²) in [6.07, 6.45) is 8.16. The Morgan fingerprint density at radius 1 is 1.00 bits per heavy atom. The molecule has 2 unspecified atom stereocenters. The minimum absolute atomic E-state index is 0.172. The summed E-state index contributed by atoms with van der Waals surface area (Å²) in [5.74, 6) is 4.01. The summed E-state index contributed by atoms with van der Waals surface area (Å²) in [5.41, 5.74) is 0. The molecule has 2 nitrogen and oxygen atoms in total. The molecule has 4 aliphatic carbocycles. The molecule has 0 radical (unpaired) electrons. The normalized spacial score (nSPS) is 47.1. The lowest BCUT2D eigenvalue weighted by molar-refractivity contribution is -0.0187. The van der Waals surface area contributed by atoms with Crippen LogP contribution in [0.3, 0.4) is 0 Å². The van der Waals surface area contributed by atoms with Gasteiger partial charge in [-0.15, -0.1) is 0 Å². The molecule has 0 amide bonds. The van der Waals surface area contributed by atoms with Crippen molar-refractivity contribution in [3.63, 3.8) is 0 Å². The van der Waals surface area contributed by atoms with Gasteiger partial charge in [-0.2, -0.15) is 0 Å². The Morgan fingerprint density at radius 3 is 2.00 bits per heavy atom. The molecule has 0 aromatic carbocycles. The fourth-order valence-electron chi connectivity index (χ4n) is 5.11. The minimum atomic E-state index is -0.172. The van der Waals surface area contributed by atoms with E-state index in [2.05, 4.69) is 12.2 Å². The molecule has 4 saturated carbocycles. The number of aliphatic hydroxyl groups excluding tert-OH is 1. The van der Waals surface area contributed by atoms with E-state index in [0.717, 1.165) is 36.1 Å². The highest BCUT2D eigenvalue weighted by molar-refractivity contribution is 5.01. The van der Waals surface area contributed by atoms with Gasteiger partial charge in [0.15, 0.2) is 0 Å². The van der Waals surface area contributed by atoms with Gasteiger partial charge in [0.25, 0.3) is 0 Å². The smallest absolute Gasteiger partial charge is 0.0526 e. The Kier molecular flexibility index (Phi) is 3.20. The van der Waals surface area contributed by atoms with Crippen LogP contribution in [0.1, 0.15) is 52.4 Å². The summed E-state index contributed by atoms with van der Waals surface area (Å²) in [7, 11) is 0. The van der Waals surface area contributed by atoms with E-state index in [0.29, 0.717) is 6.04 Å². The van der Waals surface area contributed by atoms with E-state index < -0.39 is 0 Å². The molecule has 2 N–H and O–H groups in total. The van der Waals surface area contributed by atoms with Crippen LogP contribution in [0.5, 0.6) is 0 Å². The second-order valence-corrected chi connectivity index (χ2v) is 7.11. The second kappa shape index (κ2) is 4.55. The summed E-state index contributed by atoms with van der Waals surface area (Å²) >= 11 is 0. The highest BCUT2D eigenvalue weighted by atomic mass is 16.3. The fraction of sp³-hybridized carbons (Fsp3) is 1.00. The van der Waals surface area contributed by atoms with Crippen LogP contribution < -0.4 is 5.32 Å². The Bertz CT molecular complexity index is 248. The first-order chi connectivity index (χ1) is 8.11. The lowest BCUT2D eigenvalue weighted by Gasteiger charge is -2.55. The van der Waals surface area contributed by atoms with Crippen molar-refractivity contribution in [1.29, 1.82) is 0 Å². The third-order valence-corrected chi connectivity index (χ3v) is 5.40. The monoisotopic (exact) mass is 237 g/mol. The Labute approximate surface area is 105 Å². The molecule has 4 bridgehead atoms. The first-order valence-electron chi connectivity index (χ1n) is 7.56. The molecule has 2 atom stereocenters. The van der Waals surface area contributed by atoms with Crippen molar-refractivity contribution in [2.24, 2.45) is 23.7 Å². The number of hydrogen-bond acceptors (Lipinski definition) is 2. The first-order valence-corrected chi connectivity index (χ1v) is 7.56. The van der Waals surface area contributed by atoms with E-state index in [4.69, 9.17) is 0 Å². The van der Waals surface area contributed by atoms with Gasteiger partial charge in [-0.3, -0.25) is 0 Å². The predicted octanol–water partition coefficient (Wildman–Crippen LogP) is 2.56. The molecule has 98 valence electrons. The molecule has 4 fully saturated rings. The molecule has 0 spiro atoms. The topological polar surface area (TPSA) is 32.3 Å². The van der Waals surface area contributed by atoms with Gasteiger partial charge >= 0.3 is 0 Å². The minimum Gasteiger partial charge on any atom is -0.393 e. The molecule has 4 aliphatic rings. The highest BCUT2D eigenvalue weighted by Crippen LogP contribution is 2.53. The number of rotatable bonds is 4. The Morgan fingerprint density at radius 2 is 1.53 bits per heavy atom. The summed E-state index contributed by atoms with van der Waals surface area (Å²) in [6, 6.07) is 1.23. The standard InChI is InChI=1S/C15H27NO/c1-9(3-10(2)17)16-15-13-5-11-4-12(7-13)8-14(15)6-11/h9-17H,3-8H2,1-2H3. The van der Waals surface area contributed by atoms with Crippen molar-refractivity contribution >= 4 is 0 Å². The van der Waals surface area contributed by atoms with Crippen molar-refractivity contribution in [2.75, 3.05) is 0 Å². The molecule has 17 heavy (non-hydrogen) atoms. The number of aliphatic hydroxyl groups is 1. The number of nitrogens with one attached hydrogen (secondary N) is 1. The van der Waals surface area contributed by atoms with Crippen molar-refractivity contribution in [3.8, 4) is 0 Å².